The van der Waals surface area contributed by atoms with Crippen LogP contribution in [-0.2, 0) is 17.8 Å². The van der Waals surface area contributed by atoms with E-state index in [0.717, 1.165) is 11.4 Å². The molecule has 1 aromatic heterocycles. The predicted molar refractivity (Wildman–Crippen MR) is 83.3 cm³/mol. The number of alkyl halides is 1. The number of hydrogen-bond acceptors (Lipinski definition) is 3. The molecule has 0 atom stereocenters. The number of anilines is 1. The fourth-order valence-electron chi connectivity index (χ4n) is 2.45. The fourth-order valence-corrected chi connectivity index (χ4v) is 2.45. The summed E-state index contributed by atoms with van der Waals surface area (Å²) in [6.45, 7) is 1.08. The number of halogens is 2. The zero-order valence-electron chi connectivity index (χ0n) is 12.5. The number of nitrogens with one attached hydrogen (secondary N) is 1. The van der Waals surface area contributed by atoms with Crippen molar-refractivity contribution >= 4 is 11.7 Å². The van der Waals surface area contributed by atoms with Gasteiger partial charge in [0.25, 0.3) is 0 Å². The molecule has 2 heterocycles. The summed E-state index contributed by atoms with van der Waals surface area (Å²) in [6.07, 6.45) is 0.992. The third-order valence-corrected chi connectivity index (χ3v) is 3.71. The Labute approximate surface area is 133 Å². The number of carbonyl (C=O) groups is 1. The largest absolute Gasteiger partial charge is 0.352 e. The van der Waals surface area contributed by atoms with Crippen LogP contribution in [0, 0.1) is 5.82 Å². The molecule has 0 bridgehead atoms. The molecular weight excluding hydrogens is 300 g/mol. The second kappa shape index (κ2) is 6.73. The molecule has 1 saturated heterocycles. The smallest absolute Gasteiger partial charge is 0.224 e. The molecule has 6 heteroatoms. The van der Waals surface area contributed by atoms with E-state index in [-0.39, 0.29) is 18.1 Å². The normalized spacial score (nSPS) is 14.4. The summed E-state index contributed by atoms with van der Waals surface area (Å²) in [4.78, 5) is 18.0. The van der Waals surface area contributed by atoms with Gasteiger partial charge >= 0.3 is 0 Å². The zero-order valence-corrected chi connectivity index (χ0v) is 12.5. The van der Waals surface area contributed by atoms with E-state index < -0.39 is 6.17 Å². The molecule has 2 aromatic rings. The van der Waals surface area contributed by atoms with Crippen LogP contribution in [0.25, 0.3) is 0 Å². The minimum Gasteiger partial charge on any atom is -0.352 e. The van der Waals surface area contributed by atoms with Gasteiger partial charge in [0.1, 0.15) is 17.8 Å². The fraction of sp³-hybridized carbons (Fsp3) is 0.294. The van der Waals surface area contributed by atoms with Crippen LogP contribution in [0.4, 0.5) is 14.6 Å². The van der Waals surface area contributed by atoms with Crippen LogP contribution >= 0.6 is 0 Å². The zero-order chi connectivity index (χ0) is 16.2. The van der Waals surface area contributed by atoms with Gasteiger partial charge in [-0.05, 0) is 35.4 Å². The molecule has 1 aliphatic heterocycles. The van der Waals surface area contributed by atoms with E-state index in [0.29, 0.717) is 25.2 Å². The van der Waals surface area contributed by atoms with Crippen molar-refractivity contribution in [3.05, 3.63) is 59.5 Å². The van der Waals surface area contributed by atoms with Gasteiger partial charge in [-0.2, -0.15) is 0 Å². The number of carbonyl (C=O) groups excluding carboxylic acids is 1. The Bertz CT molecular complexity index is 702. The lowest BCUT2D eigenvalue weighted by molar-refractivity contribution is -0.120. The Morgan fingerprint density at radius 1 is 1.26 bits per heavy atom. The lowest BCUT2D eigenvalue weighted by atomic mass is 10.1. The predicted octanol–water partition coefficient (Wildman–Crippen LogP) is 2.24. The van der Waals surface area contributed by atoms with E-state index in [4.69, 9.17) is 0 Å². The van der Waals surface area contributed by atoms with Crippen LogP contribution in [0.5, 0.6) is 0 Å². The molecule has 1 aromatic carbocycles. The minimum atomic E-state index is -0.786. The van der Waals surface area contributed by atoms with E-state index in [1.54, 1.807) is 24.4 Å². The number of amides is 1. The number of aromatic nitrogens is 1. The van der Waals surface area contributed by atoms with Crippen LogP contribution in [0.3, 0.4) is 0 Å². The van der Waals surface area contributed by atoms with E-state index in [2.05, 4.69) is 10.3 Å². The molecule has 1 amide bonds. The molecule has 1 N–H and O–H groups in total. The first-order chi connectivity index (χ1) is 11.1. The third-order valence-electron chi connectivity index (χ3n) is 3.71. The topological polar surface area (TPSA) is 45.2 Å². The van der Waals surface area contributed by atoms with Crippen molar-refractivity contribution in [3.8, 4) is 0 Å². The van der Waals surface area contributed by atoms with Crippen molar-refractivity contribution in [1.82, 2.24) is 10.3 Å². The summed E-state index contributed by atoms with van der Waals surface area (Å²) < 4.78 is 26.0. The first kappa shape index (κ1) is 15.4. The molecule has 0 radical (unpaired) electrons. The molecule has 120 valence electrons. The van der Waals surface area contributed by atoms with Gasteiger partial charge < -0.3 is 10.2 Å². The molecular formula is C17H17F2N3O. The molecule has 0 aliphatic carbocycles. The second-order valence-corrected chi connectivity index (χ2v) is 5.61. The molecule has 1 aliphatic rings. The maximum atomic E-state index is 13.1. The van der Waals surface area contributed by atoms with E-state index in [1.165, 1.54) is 12.1 Å². The average Bonchev–Trinajstić information content (AvgIpc) is 2.50. The summed E-state index contributed by atoms with van der Waals surface area (Å²) in [5.74, 6) is 0.187. The molecule has 23 heavy (non-hydrogen) atoms. The Morgan fingerprint density at radius 2 is 2.09 bits per heavy atom. The van der Waals surface area contributed by atoms with E-state index in [9.17, 15) is 13.6 Å². The van der Waals surface area contributed by atoms with Gasteiger partial charge in [0.2, 0.25) is 5.91 Å². The van der Waals surface area contributed by atoms with E-state index in [1.807, 2.05) is 11.0 Å². The van der Waals surface area contributed by atoms with Gasteiger partial charge in [0.15, 0.2) is 0 Å². The van der Waals surface area contributed by atoms with Crippen LogP contribution in [0.1, 0.15) is 11.1 Å². The minimum absolute atomic E-state index is 0.130. The monoisotopic (exact) mass is 317 g/mol. The van der Waals surface area contributed by atoms with Gasteiger partial charge in [0, 0.05) is 12.7 Å². The quantitative estimate of drug-likeness (QED) is 0.920. The van der Waals surface area contributed by atoms with Crippen LogP contribution in [0.2, 0.25) is 0 Å². The van der Waals surface area contributed by atoms with Crippen molar-refractivity contribution in [2.75, 3.05) is 18.0 Å². The molecule has 3 rings (SSSR count). The number of nitrogens with zero attached hydrogens (tertiary/aromatic N) is 2. The number of benzene rings is 1. The van der Waals surface area contributed by atoms with E-state index >= 15 is 0 Å². The molecule has 0 saturated carbocycles. The summed E-state index contributed by atoms with van der Waals surface area (Å²) in [6, 6.07) is 9.63. The Balaban J connectivity index is 1.53. The van der Waals surface area contributed by atoms with Gasteiger partial charge in [-0.15, -0.1) is 0 Å². The van der Waals surface area contributed by atoms with Crippen LogP contribution in [-0.4, -0.2) is 30.2 Å². The Kier molecular flexibility index (Phi) is 4.50. The molecule has 1 fully saturated rings. The van der Waals surface area contributed by atoms with Gasteiger partial charge in [0.05, 0.1) is 19.5 Å². The molecule has 4 nitrogen and oxygen atoms in total. The average molecular weight is 317 g/mol. The van der Waals surface area contributed by atoms with Gasteiger partial charge in [-0.3, -0.25) is 4.79 Å². The highest BCUT2D eigenvalue weighted by Crippen LogP contribution is 2.20. The van der Waals surface area contributed by atoms with Crippen molar-refractivity contribution in [2.24, 2.45) is 0 Å². The first-order valence-corrected chi connectivity index (χ1v) is 7.45. The SMILES string of the molecule is O=C(Cc1cccc(F)c1)NCc1ccnc(N2CC(F)C2)c1. The lowest BCUT2D eigenvalue weighted by Gasteiger charge is -2.35. The van der Waals surface area contributed by atoms with Crippen molar-refractivity contribution in [2.45, 2.75) is 19.1 Å². The highest BCUT2D eigenvalue weighted by atomic mass is 19.1. The number of hydrogen-bond donors (Lipinski definition) is 1. The van der Waals surface area contributed by atoms with Gasteiger partial charge in [-0.25, -0.2) is 13.8 Å². The summed E-state index contributed by atoms with van der Waals surface area (Å²) >= 11 is 0. The standard InChI is InChI=1S/C17H17F2N3O/c18-14-3-1-2-12(6-14)8-17(23)21-9-13-4-5-20-16(7-13)22-10-15(19)11-22/h1-7,15H,8-11H2,(H,21,23). The van der Waals surface area contributed by atoms with Crippen molar-refractivity contribution in [3.63, 3.8) is 0 Å². The van der Waals surface area contributed by atoms with Crippen molar-refractivity contribution in [1.29, 1.82) is 0 Å². The van der Waals surface area contributed by atoms with Crippen LogP contribution in [0.15, 0.2) is 42.6 Å². The maximum absolute atomic E-state index is 13.1. The molecule has 0 spiro atoms. The summed E-state index contributed by atoms with van der Waals surface area (Å²) in [5.41, 5.74) is 1.53. The third kappa shape index (κ3) is 4.03. The number of pyridine rings is 1. The second-order valence-electron chi connectivity index (χ2n) is 5.61. The van der Waals surface area contributed by atoms with Crippen molar-refractivity contribution < 1.29 is 13.6 Å². The first-order valence-electron chi connectivity index (χ1n) is 7.45. The summed E-state index contributed by atoms with van der Waals surface area (Å²) in [5, 5.41) is 2.80. The maximum Gasteiger partial charge on any atom is 0.224 e. The number of rotatable bonds is 5. The highest BCUT2D eigenvalue weighted by Gasteiger charge is 2.27. The molecule has 0 unspecified atom stereocenters. The Hall–Kier alpha value is -2.50. The van der Waals surface area contributed by atoms with Gasteiger partial charge in [-0.1, -0.05) is 12.1 Å². The Morgan fingerprint density at radius 3 is 2.83 bits per heavy atom. The van der Waals surface area contributed by atoms with Crippen LogP contribution < -0.4 is 10.2 Å². The highest BCUT2D eigenvalue weighted by molar-refractivity contribution is 5.78. The summed E-state index contributed by atoms with van der Waals surface area (Å²) in [7, 11) is 0. The lowest BCUT2D eigenvalue weighted by Crippen LogP contribution is -2.48.